The molecule has 1 aromatic carbocycles. The highest BCUT2D eigenvalue weighted by Gasteiger charge is 2.14. The molecule has 0 aliphatic heterocycles. The topological polar surface area (TPSA) is 114 Å². The summed E-state index contributed by atoms with van der Waals surface area (Å²) in [6.07, 6.45) is 0.590. The van der Waals surface area contributed by atoms with E-state index in [1.54, 1.807) is 24.3 Å². The Morgan fingerprint density at radius 1 is 1.30 bits per heavy atom. The molecule has 1 atom stereocenters. The summed E-state index contributed by atoms with van der Waals surface area (Å²) in [5.74, 6) is 0.0948. The number of carbonyl (C=O) groups is 1. The standard InChI is InChI=1S/C14H19N2O7/c1-15(18)21-11-13(23-16(19)20)9-5-6-10-14(17)22-12-7-3-2-4-8-12/h2-4,7-8,13H,5-6,9-11H2,1H3/q-1. The first kappa shape index (κ1) is 18.8. The Morgan fingerprint density at radius 3 is 2.61 bits per heavy atom. The molecule has 0 bridgehead atoms. The van der Waals surface area contributed by atoms with Crippen LogP contribution in [0.15, 0.2) is 30.3 Å². The number of carbonyl (C=O) groups excluding carboxylic acids is 1. The van der Waals surface area contributed by atoms with Gasteiger partial charge in [-0.2, -0.15) is 0 Å². The number of nitrogens with zero attached hydrogens (tertiary/aromatic N) is 2. The smallest absolute Gasteiger partial charge is 0.311 e. The second-order valence-corrected chi connectivity index (χ2v) is 4.72. The maximum absolute atomic E-state index is 11.6. The van der Waals surface area contributed by atoms with Crippen molar-refractivity contribution in [2.24, 2.45) is 0 Å². The van der Waals surface area contributed by atoms with Crippen LogP contribution in [-0.2, 0) is 14.5 Å². The van der Waals surface area contributed by atoms with Crippen LogP contribution < -0.4 is 4.74 Å². The quantitative estimate of drug-likeness (QED) is 0.199. The van der Waals surface area contributed by atoms with E-state index in [1.807, 2.05) is 6.07 Å². The van der Waals surface area contributed by atoms with Gasteiger partial charge in [0.2, 0.25) is 0 Å². The lowest BCUT2D eigenvalue weighted by atomic mass is 10.1. The Hall–Kier alpha value is -2.23. The summed E-state index contributed by atoms with van der Waals surface area (Å²) < 4.78 is 5.11. The second-order valence-electron chi connectivity index (χ2n) is 4.72. The van der Waals surface area contributed by atoms with Crippen molar-refractivity contribution in [1.29, 1.82) is 0 Å². The molecular weight excluding hydrogens is 308 g/mol. The van der Waals surface area contributed by atoms with Crippen LogP contribution in [0.1, 0.15) is 25.7 Å². The second kappa shape index (κ2) is 10.5. The van der Waals surface area contributed by atoms with Crippen molar-refractivity contribution in [3.63, 3.8) is 0 Å². The fourth-order valence-corrected chi connectivity index (χ4v) is 1.79. The van der Waals surface area contributed by atoms with Crippen molar-refractivity contribution in [1.82, 2.24) is 5.23 Å². The van der Waals surface area contributed by atoms with Gasteiger partial charge in [-0.1, -0.05) is 24.6 Å². The van der Waals surface area contributed by atoms with Crippen LogP contribution in [-0.4, -0.2) is 36.0 Å². The average molecular weight is 327 g/mol. The van der Waals surface area contributed by atoms with Gasteiger partial charge in [0.1, 0.15) is 11.9 Å². The third-order valence-corrected chi connectivity index (χ3v) is 2.81. The number of hydrogen-bond acceptors (Lipinski definition) is 8. The molecule has 128 valence electrons. The van der Waals surface area contributed by atoms with Crippen LogP contribution in [0.4, 0.5) is 0 Å². The number of rotatable bonds is 11. The van der Waals surface area contributed by atoms with E-state index in [9.17, 15) is 20.1 Å². The SMILES string of the molecule is CN([O-])OCC(CCCCC(=O)Oc1ccccc1)O[N+](=O)[O-]. The molecule has 1 aromatic rings. The Bertz CT molecular complexity index is 481. The van der Waals surface area contributed by atoms with Gasteiger partial charge in [0.25, 0.3) is 5.09 Å². The van der Waals surface area contributed by atoms with Gasteiger partial charge >= 0.3 is 5.97 Å². The Morgan fingerprint density at radius 2 is 2.00 bits per heavy atom. The van der Waals surface area contributed by atoms with Gasteiger partial charge in [-0.05, 0) is 32.0 Å². The lowest BCUT2D eigenvalue weighted by molar-refractivity contribution is -0.769. The number of unbranched alkanes of at least 4 members (excludes halogenated alkanes) is 1. The minimum Gasteiger partial charge on any atom is -0.762 e. The summed E-state index contributed by atoms with van der Waals surface area (Å²) in [6.45, 7) is -0.227. The number of ether oxygens (including phenoxy) is 1. The number of esters is 1. The zero-order valence-electron chi connectivity index (χ0n) is 12.8. The van der Waals surface area contributed by atoms with E-state index in [0.717, 1.165) is 7.05 Å². The van der Waals surface area contributed by atoms with Crippen molar-refractivity contribution in [3.05, 3.63) is 45.7 Å². The summed E-state index contributed by atoms with van der Waals surface area (Å²) in [4.78, 5) is 31.0. The van der Waals surface area contributed by atoms with Gasteiger partial charge in [-0.15, -0.1) is 10.1 Å². The predicted molar refractivity (Wildman–Crippen MR) is 79.5 cm³/mol. The molecule has 9 heteroatoms. The van der Waals surface area contributed by atoms with Gasteiger partial charge in [0.15, 0.2) is 0 Å². The number of para-hydroxylation sites is 1. The molecule has 23 heavy (non-hydrogen) atoms. The van der Waals surface area contributed by atoms with E-state index in [4.69, 9.17) is 4.74 Å². The largest absolute Gasteiger partial charge is 0.762 e. The van der Waals surface area contributed by atoms with Gasteiger partial charge in [0, 0.05) is 6.42 Å². The lowest BCUT2D eigenvalue weighted by Gasteiger charge is -2.24. The highest BCUT2D eigenvalue weighted by atomic mass is 17.0. The number of benzene rings is 1. The van der Waals surface area contributed by atoms with Crippen molar-refractivity contribution in [2.45, 2.75) is 31.8 Å². The van der Waals surface area contributed by atoms with E-state index >= 15 is 0 Å². The molecule has 0 radical (unpaired) electrons. The molecule has 0 spiro atoms. The van der Waals surface area contributed by atoms with E-state index in [2.05, 4.69) is 9.68 Å². The van der Waals surface area contributed by atoms with E-state index in [0.29, 0.717) is 18.6 Å². The van der Waals surface area contributed by atoms with Gasteiger partial charge < -0.3 is 19.6 Å². The van der Waals surface area contributed by atoms with E-state index in [-0.39, 0.29) is 30.6 Å². The summed E-state index contributed by atoms with van der Waals surface area (Å²) in [5, 5.41) is 20.3. The Kier molecular flexibility index (Phi) is 8.58. The fraction of sp³-hybridized carbons (Fsp3) is 0.500. The zero-order valence-corrected chi connectivity index (χ0v) is 12.8. The lowest BCUT2D eigenvalue weighted by Crippen LogP contribution is -2.26. The third-order valence-electron chi connectivity index (χ3n) is 2.81. The highest BCUT2D eigenvalue weighted by molar-refractivity contribution is 5.72. The van der Waals surface area contributed by atoms with E-state index in [1.165, 1.54) is 0 Å². The van der Waals surface area contributed by atoms with Crippen LogP contribution in [0.2, 0.25) is 0 Å². The van der Waals surface area contributed by atoms with Crippen molar-refractivity contribution in [2.75, 3.05) is 13.7 Å². The number of hydrogen-bond donors (Lipinski definition) is 0. The molecule has 0 aliphatic carbocycles. The van der Waals surface area contributed by atoms with E-state index < -0.39 is 11.2 Å². The summed E-state index contributed by atoms with van der Waals surface area (Å²) in [6, 6.07) is 8.68. The predicted octanol–water partition coefficient (Wildman–Crippen LogP) is 2.09. The van der Waals surface area contributed by atoms with Crippen LogP contribution >= 0.6 is 0 Å². The Labute approximate surface area is 133 Å². The molecule has 0 saturated heterocycles. The molecule has 0 fully saturated rings. The van der Waals surface area contributed by atoms with Gasteiger partial charge in [0.05, 0.1) is 6.61 Å². The van der Waals surface area contributed by atoms with Gasteiger partial charge in [-0.3, -0.25) is 10.0 Å². The minimum absolute atomic E-state index is 0.183. The summed E-state index contributed by atoms with van der Waals surface area (Å²) in [7, 11) is 1.13. The monoisotopic (exact) mass is 327 g/mol. The molecule has 0 aromatic heterocycles. The summed E-state index contributed by atoms with van der Waals surface area (Å²) in [5.41, 5.74) is 0. The Balaban J connectivity index is 2.24. The minimum atomic E-state index is -0.928. The highest BCUT2D eigenvalue weighted by Crippen LogP contribution is 2.12. The first-order valence-corrected chi connectivity index (χ1v) is 7.08. The average Bonchev–Trinajstić information content (AvgIpc) is 2.49. The van der Waals surface area contributed by atoms with Crippen LogP contribution in [0, 0.1) is 15.3 Å². The normalized spacial score (nSPS) is 12.0. The molecule has 1 rings (SSSR count). The fourth-order valence-electron chi connectivity index (χ4n) is 1.79. The first-order chi connectivity index (χ1) is 11.0. The maximum Gasteiger partial charge on any atom is 0.311 e. The molecule has 0 heterocycles. The van der Waals surface area contributed by atoms with Crippen molar-refractivity contribution in [3.8, 4) is 5.75 Å². The van der Waals surface area contributed by atoms with Gasteiger partial charge in [-0.25, -0.2) is 0 Å². The summed E-state index contributed by atoms with van der Waals surface area (Å²) >= 11 is 0. The number of hydroxylamine groups is 2. The van der Waals surface area contributed by atoms with Crippen LogP contribution in [0.25, 0.3) is 0 Å². The molecule has 0 saturated carbocycles. The first-order valence-electron chi connectivity index (χ1n) is 7.08. The van der Waals surface area contributed by atoms with Crippen molar-refractivity contribution >= 4 is 5.97 Å². The maximum atomic E-state index is 11.6. The van der Waals surface area contributed by atoms with Crippen LogP contribution in [0.3, 0.4) is 0 Å². The van der Waals surface area contributed by atoms with Crippen LogP contribution in [0.5, 0.6) is 5.75 Å². The third kappa shape index (κ3) is 9.40. The molecule has 1 unspecified atom stereocenters. The zero-order chi connectivity index (χ0) is 17.1. The molecule has 0 aliphatic rings. The van der Waals surface area contributed by atoms with Crippen molar-refractivity contribution < 1.29 is 24.3 Å². The molecule has 9 nitrogen and oxygen atoms in total. The molecular formula is C14H19N2O7-. The molecule has 0 N–H and O–H groups in total. The molecule has 0 amide bonds.